The van der Waals surface area contributed by atoms with Gasteiger partial charge in [0.25, 0.3) is 0 Å². The third-order valence-electron chi connectivity index (χ3n) is 4.22. The average molecular weight is 398 g/mol. The quantitative estimate of drug-likeness (QED) is 0.432. The van der Waals surface area contributed by atoms with Crippen LogP contribution in [0.4, 0.5) is 13.2 Å². The molecule has 0 N–H and O–H groups in total. The number of alkyl halides is 3. The Morgan fingerprint density at radius 1 is 1.11 bits per heavy atom. The molecule has 0 spiro atoms. The van der Waals surface area contributed by atoms with E-state index in [1.54, 1.807) is 30.3 Å². The van der Waals surface area contributed by atoms with Crippen molar-refractivity contribution in [1.29, 1.82) is 0 Å². The molecule has 28 heavy (non-hydrogen) atoms. The molecule has 0 radical (unpaired) electrons. The lowest BCUT2D eigenvalue weighted by atomic mass is 10.1. The minimum absolute atomic E-state index is 0.157. The van der Waals surface area contributed by atoms with Crippen LogP contribution in [-0.2, 0) is 14.3 Å². The smallest absolute Gasteiger partial charge is 0.461 e. The summed E-state index contributed by atoms with van der Waals surface area (Å²) in [6, 6.07) is 8.21. The first-order chi connectivity index (χ1) is 13.3. The molecule has 1 heterocycles. The molecule has 1 unspecified atom stereocenters. The van der Waals surface area contributed by atoms with E-state index in [-0.39, 0.29) is 24.8 Å². The highest BCUT2D eigenvalue weighted by atomic mass is 19.4. The Morgan fingerprint density at radius 2 is 1.79 bits per heavy atom. The highest BCUT2D eigenvalue weighted by molar-refractivity contribution is 6.08. The topological polar surface area (TPSA) is 60.2 Å². The van der Waals surface area contributed by atoms with Crippen molar-refractivity contribution in [3.05, 3.63) is 35.9 Å². The number of carbonyl (C=O) groups is 1. The number of amidine groups is 1. The van der Waals surface area contributed by atoms with E-state index in [4.69, 9.17) is 4.74 Å². The molecule has 0 saturated carbocycles. The molecule has 0 fully saturated rings. The van der Waals surface area contributed by atoms with Gasteiger partial charge < -0.3 is 9.47 Å². The van der Waals surface area contributed by atoms with E-state index < -0.39 is 17.9 Å². The van der Waals surface area contributed by atoms with Crippen LogP contribution in [-0.4, -0.2) is 36.2 Å². The Hall–Kier alpha value is -2.38. The number of aliphatic imine (C=N–C) groups is 2. The monoisotopic (exact) mass is 398 g/mol. The second-order valence-electron chi connectivity index (χ2n) is 6.44. The molecule has 8 heteroatoms. The maximum Gasteiger partial charge on any atom is 0.463 e. The normalized spacial score (nSPS) is 19.5. The van der Waals surface area contributed by atoms with Gasteiger partial charge in [-0.2, -0.15) is 18.2 Å². The fourth-order valence-electron chi connectivity index (χ4n) is 2.76. The van der Waals surface area contributed by atoms with E-state index >= 15 is 0 Å². The minimum Gasteiger partial charge on any atom is -0.461 e. The largest absolute Gasteiger partial charge is 0.463 e. The van der Waals surface area contributed by atoms with Gasteiger partial charge in [-0.1, -0.05) is 62.9 Å². The van der Waals surface area contributed by atoms with Crippen LogP contribution in [0.5, 0.6) is 0 Å². The molecular weight excluding hydrogens is 373 g/mol. The van der Waals surface area contributed by atoms with Gasteiger partial charge in [0.2, 0.25) is 0 Å². The molecule has 5 nitrogen and oxygen atoms in total. The summed E-state index contributed by atoms with van der Waals surface area (Å²) in [5.74, 6) is -1.94. The number of rotatable bonds is 9. The third kappa shape index (κ3) is 5.11. The summed E-state index contributed by atoms with van der Waals surface area (Å²) in [6.07, 6.45) is -0.368. The molecular formula is C20H25F3N2O3. The summed E-state index contributed by atoms with van der Waals surface area (Å²) in [5.41, 5.74) is -3.07. The lowest BCUT2D eigenvalue weighted by Crippen LogP contribution is -2.56. The molecule has 0 bridgehead atoms. The van der Waals surface area contributed by atoms with E-state index in [9.17, 15) is 18.0 Å². The van der Waals surface area contributed by atoms with Crippen LogP contribution in [0.1, 0.15) is 57.9 Å². The number of ether oxygens (including phenoxy) is 2. The summed E-state index contributed by atoms with van der Waals surface area (Å²) in [5, 5.41) is 0. The van der Waals surface area contributed by atoms with E-state index in [0.29, 0.717) is 12.0 Å². The molecule has 1 aliphatic rings. The van der Waals surface area contributed by atoms with Gasteiger partial charge in [-0.15, -0.1) is 0 Å². The molecule has 0 aromatic heterocycles. The molecule has 1 aromatic rings. The van der Waals surface area contributed by atoms with Crippen LogP contribution in [0.2, 0.25) is 0 Å². The second-order valence-corrected chi connectivity index (χ2v) is 6.44. The van der Waals surface area contributed by atoms with Crippen molar-refractivity contribution in [2.45, 2.75) is 64.3 Å². The molecule has 0 saturated heterocycles. The van der Waals surface area contributed by atoms with Crippen LogP contribution in [0, 0.1) is 0 Å². The van der Waals surface area contributed by atoms with Gasteiger partial charge in [0.1, 0.15) is 0 Å². The van der Waals surface area contributed by atoms with Crippen LogP contribution in [0.15, 0.2) is 40.3 Å². The maximum atomic E-state index is 13.9. The summed E-state index contributed by atoms with van der Waals surface area (Å²) in [4.78, 5) is 20.0. The van der Waals surface area contributed by atoms with Crippen molar-refractivity contribution in [1.82, 2.24) is 0 Å². The molecule has 2 rings (SSSR count). The van der Waals surface area contributed by atoms with Crippen molar-refractivity contribution >= 4 is 17.7 Å². The number of halogens is 3. The highest BCUT2D eigenvalue weighted by Gasteiger charge is 2.67. The number of carbonyl (C=O) groups excluding carboxylic acids is 1. The zero-order chi connectivity index (χ0) is 20.6. The zero-order valence-corrected chi connectivity index (χ0v) is 16.1. The van der Waals surface area contributed by atoms with E-state index in [0.717, 1.165) is 25.7 Å². The predicted molar refractivity (Wildman–Crippen MR) is 100 cm³/mol. The molecule has 1 aromatic carbocycles. The Labute approximate surface area is 162 Å². The Kier molecular flexibility index (Phi) is 7.60. The maximum absolute atomic E-state index is 13.9. The lowest BCUT2D eigenvalue weighted by Gasteiger charge is -2.33. The van der Waals surface area contributed by atoms with Gasteiger partial charge in [0.15, 0.2) is 11.7 Å². The molecule has 1 aliphatic heterocycles. The van der Waals surface area contributed by atoms with Crippen molar-refractivity contribution in [2.24, 2.45) is 9.98 Å². The van der Waals surface area contributed by atoms with Gasteiger partial charge in [-0.05, 0) is 13.3 Å². The summed E-state index contributed by atoms with van der Waals surface area (Å²) >= 11 is 0. The van der Waals surface area contributed by atoms with E-state index in [1.807, 2.05) is 0 Å². The number of hydrogen-bond acceptors (Lipinski definition) is 5. The minimum atomic E-state index is -5.09. The van der Waals surface area contributed by atoms with Gasteiger partial charge >= 0.3 is 17.9 Å². The first-order valence-corrected chi connectivity index (χ1v) is 9.49. The Morgan fingerprint density at radius 3 is 2.39 bits per heavy atom. The predicted octanol–water partition coefficient (Wildman–Crippen LogP) is 5.04. The molecule has 0 aliphatic carbocycles. The zero-order valence-electron chi connectivity index (χ0n) is 16.1. The summed E-state index contributed by atoms with van der Waals surface area (Å²) < 4.78 is 51.5. The number of hydrogen-bond donors (Lipinski definition) is 0. The van der Waals surface area contributed by atoms with Gasteiger partial charge in [0, 0.05) is 12.0 Å². The van der Waals surface area contributed by atoms with Gasteiger partial charge in [-0.3, -0.25) is 0 Å². The second kappa shape index (κ2) is 9.71. The lowest BCUT2D eigenvalue weighted by molar-refractivity contribution is -0.255. The van der Waals surface area contributed by atoms with Gasteiger partial charge in [0.05, 0.1) is 6.61 Å². The number of esters is 1. The van der Waals surface area contributed by atoms with Crippen molar-refractivity contribution < 1.29 is 27.4 Å². The average Bonchev–Trinajstić information content (AvgIpc) is 2.67. The molecule has 0 amide bonds. The fourth-order valence-corrected chi connectivity index (χ4v) is 2.76. The number of benzene rings is 1. The standard InChI is InChI=1S/C20H25F3N2O3/c1-3-5-6-7-11-14-16-24-17(15-12-9-8-10-13-15)25-19(28-16,20(21,22)23)18(26)27-4-2/h8-10,12-13H,3-7,11,14H2,1-2H3. The summed E-state index contributed by atoms with van der Waals surface area (Å²) in [7, 11) is 0. The number of unbranched alkanes of at least 4 members (excludes halogenated alkanes) is 4. The summed E-state index contributed by atoms with van der Waals surface area (Å²) in [6.45, 7) is 3.28. The SMILES string of the molecule is CCCCCCCC1=NC(c2ccccc2)=NC(C(=O)OCC)(C(F)(F)F)O1. The van der Waals surface area contributed by atoms with Crippen molar-refractivity contribution in [3.8, 4) is 0 Å². The van der Waals surface area contributed by atoms with Crippen molar-refractivity contribution in [3.63, 3.8) is 0 Å². The van der Waals surface area contributed by atoms with Crippen LogP contribution >= 0.6 is 0 Å². The van der Waals surface area contributed by atoms with Crippen LogP contribution in [0.3, 0.4) is 0 Å². The molecule has 1 atom stereocenters. The Balaban J connectivity index is 2.38. The van der Waals surface area contributed by atoms with Gasteiger partial charge in [-0.25, -0.2) is 9.79 Å². The van der Waals surface area contributed by atoms with E-state index in [1.165, 1.54) is 6.92 Å². The van der Waals surface area contributed by atoms with Crippen LogP contribution < -0.4 is 0 Å². The molecule has 154 valence electrons. The van der Waals surface area contributed by atoms with Crippen molar-refractivity contribution in [2.75, 3.05) is 6.61 Å². The number of nitrogens with zero attached hydrogens (tertiary/aromatic N) is 2. The Bertz CT molecular complexity index is 717. The highest BCUT2D eigenvalue weighted by Crippen LogP contribution is 2.39. The third-order valence-corrected chi connectivity index (χ3v) is 4.22. The first-order valence-electron chi connectivity index (χ1n) is 9.49. The van der Waals surface area contributed by atoms with E-state index in [2.05, 4.69) is 21.6 Å². The first kappa shape index (κ1) is 21.9. The fraction of sp³-hybridized carbons (Fsp3) is 0.550. The van der Waals surface area contributed by atoms with Crippen LogP contribution in [0.25, 0.3) is 0 Å².